The summed E-state index contributed by atoms with van der Waals surface area (Å²) in [4.78, 5) is 5.07. The Morgan fingerprint density at radius 1 is 1.64 bits per heavy atom. The van der Waals surface area contributed by atoms with E-state index in [1.165, 1.54) is 11.5 Å². The van der Waals surface area contributed by atoms with E-state index >= 15 is 0 Å². The number of nitrogens with zero attached hydrogens (tertiary/aromatic N) is 1. The van der Waals surface area contributed by atoms with Crippen molar-refractivity contribution < 1.29 is 4.84 Å². The lowest BCUT2D eigenvalue weighted by atomic mass is 9.98. The van der Waals surface area contributed by atoms with Crippen LogP contribution in [0.4, 0.5) is 0 Å². The minimum Gasteiger partial charge on any atom is -0.395 e. The Hall–Kier alpha value is -0.180. The average molecular weight is 171 g/mol. The van der Waals surface area contributed by atoms with Crippen molar-refractivity contribution in [2.24, 2.45) is 17.0 Å². The summed E-state index contributed by atoms with van der Waals surface area (Å²) in [5.74, 6) is 2.54. The van der Waals surface area contributed by atoms with Crippen LogP contribution in [0.2, 0.25) is 0 Å². The van der Waals surface area contributed by atoms with Gasteiger partial charge in [0.2, 0.25) is 0 Å². The highest BCUT2D eigenvalue weighted by molar-refractivity contribution is 8.01. The fraction of sp³-hybridized carbons (Fsp3) is 0.875. The van der Waals surface area contributed by atoms with Crippen molar-refractivity contribution in [3.63, 3.8) is 0 Å². The Morgan fingerprint density at radius 2 is 2.45 bits per heavy atom. The molecule has 0 saturated carbocycles. The minimum atomic E-state index is 0.627. The van der Waals surface area contributed by atoms with Crippen molar-refractivity contribution in [3.8, 4) is 0 Å². The highest BCUT2D eigenvalue weighted by atomic mass is 32.2. The van der Waals surface area contributed by atoms with Gasteiger partial charge in [-0.1, -0.05) is 19.0 Å². The molecule has 2 heterocycles. The molecule has 2 nitrogen and oxygen atoms in total. The maximum Gasteiger partial charge on any atom is 0.126 e. The Morgan fingerprint density at radius 3 is 3.18 bits per heavy atom. The summed E-state index contributed by atoms with van der Waals surface area (Å²) in [6, 6.07) is 0. The average Bonchev–Trinajstić information content (AvgIpc) is 2.41. The SMILES string of the molecule is CC(C)[C@@H]1SC[C@H]2CON=C21. The molecular weight excluding hydrogens is 158 g/mol. The zero-order valence-corrected chi connectivity index (χ0v) is 7.73. The van der Waals surface area contributed by atoms with Crippen molar-refractivity contribution in [2.75, 3.05) is 12.4 Å². The highest BCUT2D eigenvalue weighted by Gasteiger charge is 2.38. The molecule has 0 amide bonds. The molecule has 0 aliphatic carbocycles. The molecule has 2 aliphatic heterocycles. The molecule has 0 N–H and O–H groups in total. The molecule has 2 rings (SSSR count). The number of fused-ring (bicyclic) bond motifs is 1. The fourth-order valence-electron chi connectivity index (χ4n) is 1.62. The molecule has 2 atom stereocenters. The Labute approximate surface area is 71.4 Å². The molecule has 0 radical (unpaired) electrons. The van der Waals surface area contributed by atoms with Crippen molar-refractivity contribution in [1.82, 2.24) is 0 Å². The molecule has 3 heteroatoms. The third kappa shape index (κ3) is 1.15. The predicted molar refractivity (Wildman–Crippen MR) is 48.0 cm³/mol. The van der Waals surface area contributed by atoms with E-state index < -0.39 is 0 Å². The van der Waals surface area contributed by atoms with Gasteiger partial charge in [-0.15, -0.1) is 0 Å². The molecule has 1 fully saturated rings. The first-order valence-corrected chi connectivity index (χ1v) is 5.15. The molecule has 0 aromatic heterocycles. The Balaban J connectivity index is 2.14. The summed E-state index contributed by atoms with van der Waals surface area (Å²) in [5.41, 5.74) is 1.31. The van der Waals surface area contributed by atoms with Crippen LogP contribution in [0.15, 0.2) is 5.16 Å². The topological polar surface area (TPSA) is 21.6 Å². The number of thioether (sulfide) groups is 1. The largest absolute Gasteiger partial charge is 0.395 e. The summed E-state index contributed by atoms with van der Waals surface area (Å²) in [6.07, 6.45) is 0. The van der Waals surface area contributed by atoms with Crippen LogP contribution in [0.1, 0.15) is 13.8 Å². The first kappa shape index (κ1) is 7.47. The van der Waals surface area contributed by atoms with Gasteiger partial charge in [-0.3, -0.25) is 0 Å². The van der Waals surface area contributed by atoms with Gasteiger partial charge in [0.1, 0.15) is 6.61 Å². The number of hydrogen-bond acceptors (Lipinski definition) is 3. The van der Waals surface area contributed by atoms with Crippen LogP contribution in [0.25, 0.3) is 0 Å². The maximum atomic E-state index is 5.07. The predicted octanol–water partition coefficient (Wildman–Crippen LogP) is 1.76. The van der Waals surface area contributed by atoms with Crippen LogP contribution in [-0.2, 0) is 4.84 Å². The van der Waals surface area contributed by atoms with E-state index in [1.807, 2.05) is 11.8 Å². The first-order chi connectivity index (χ1) is 5.29. The van der Waals surface area contributed by atoms with Gasteiger partial charge in [-0.2, -0.15) is 11.8 Å². The lowest BCUT2D eigenvalue weighted by molar-refractivity contribution is 0.158. The highest BCUT2D eigenvalue weighted by Crippen LogP contribution is 2.36. The van der Waals surface area contributed by atoms with Crippen molar-refractivity contribution in [3.05, 3.63) is 0 Å². The second-order valence-corrected chi connectivity index (χ2v) is 4.68. The van der Waals surface area contributed by atoms with E-state index in [-0.39, 0.29) is 0 Å². The van der Waals surface area contributed by atoms with E-state index in [1.54, 1.807) is 0 Å². The molecule has 0 unspecified atom stereocenters. The van der Waals surface area contributed by atoms with Crippen molar-refractivity contribution in [2.45, 2.75) is 19.1 Å². The molecule has 1 saturated heterocycles. The third-order valence-electron chi connectivity index (χ3n) is 2.24. The zero-order chi connectivity index (χ0) is 7.84. The van der Waals surface area contributed by atoms with Crippen molar-refractivity contribution >= 4 is 17.5 Å². The van der Waals surface area contributed by atoms with Gasteiger partial charge in [0.25, 0.3) is 0 Å². The summed E-state index contributed by atoms with van der Waals surface area (Å²) in [7, 11) is 0. The van der Waals surface area contributed by atoms with E-state index in [0.29, 0.717) is 17.1 Å². The van der Waals surface area contributed by atoms with E-state index in [2.05, 4.69) is 19.0 Å². The van der Waals surface area contributed by atoms with Gasteiger partial charge in [0.05, 0.1) is 5.71 Å². The molecule has 0 bridgehead atoms. The molecular formula is C8H13NOS. The van der Waals surface area contributed by atoms with E-state index in [0.717, 1.165) is 6.61 Å². The van der Waals surface area contributed by atoms with Crippen LogP contribution in [0.5, 0.6) is 0 Å². The standard InChI is InChI=1S/C8H13NOS/c1-5(2)8-7-6(4-11-8)3-10-9-7/h5-6,8H,3-4H2,1-2H3/t6-,8+/m1/s1. The van der Waals surface area contributed by atoms with Gasteiger partial charge in [-0.05, 0) is 5.92 Å². The summed E-state index contributed by atoms with van der Waals surface area (Å²) in [6.45, 7) is 5.33. The van der Waals surface area contributed by atoms with Gasteiger partial charge in [-0.25, -0.2) is 0 Å². The second-order valence-electron chi connectivity index (χ2n) is 3.51. The third-order valence-corrected chi connectivity index (χ3v) is 3.98. The molecule has 0 aromatic rings. The minimum absolute atomic E-state index is 0.627. The lowest BCUT2D eigenvalue weighted by Crippen LogP contribution is -2.21. The van der Waals surface area contributed by atoms with E-state index in [9.17, 15) is 0 Å². The normalized spacial score (nSPS) is 35.4. The van der Waals surface area contributed by atoms with Crippen LogP contribution < -0.4 is 0 Å². The molecule has 2 aliphatic rings. The lowest BCUT2D eigenvalue weighted by Gasteiger charge is -2.11. The second kappa shape index (κ2) is 2.70. The molecule has 62 valence electrons. The van der Waals surface area contributed by atoms with Gasteiger partial charge in [0, 0.05) is 16.9 Å². The first-order valence-electron chi connectivity index (χ1n) is 4.10. The number of hydrogen-bond donors (Lipinski definition) is 0. The zero-order valence-electron chi connectivity index (χ0n) is 6.91. The Kier molecular flexibility index (Phi) is 1.83. The fourth-order valence-corrected chi connectivity index (χ4v) is 3.12. The van der Waals surface area contributed by atoms with Gasteiger partial charge >= 0.3 is 0 Å². The number of rotatable bonds is 1. The summed E-state index contributed by atoms with van der Waals surface area (Å²) in [5, 5.41) is 4.72. The van der Waals surface area contributed by atoms with Crippen LogP contribution in [0.3, 0.4) is 0 Å². The molecule has 0 spiro atoms. The van der Waals surface area contributed by atoms with Crippen molar-refractivity contribution in [1.29, 1.82) is 0 Å². The van der Waals surface area contributed by atoms with Gasteiger partial charge in [0.15, 0.2) is 0 Å². The molecule has 11 heavy (non-hydrogen) atoms. The Bertz CT molecular complexity index is 191. The number of oxime groups is 1. The van der Waals surface area contributed by atoms with Crippen LogP contribution in [0, 0.1) is 11.8 Å². The quantitative estimate of drug-likeness (QED) is 0.599. The van der Waals surface area contributed by atoms with Crippen LogP contribution >= 0.6 is 11.8 Å². The summed E-state index contributed by atoms with van der Waals surface area (Å²) < 4.78 is 0. The monoisotopic (exact) mass is 171 g/mol. The smallest absolute Gasteiger partial charge is 0.126 e. The van der Waals surface area contributed by atoms with E-state index in [4.69, 9.17) is 4.84 Å². The summed E-state index contributed by atoms with van der Waals surface area (Å²) >= 11 is 2.03. The van der Waals surface area contributed by atoms with Crippen LogP contribution in [-0.4, -0.2) is 23.3 Å². The van der Waals surface area contributed by atoms with Gasteiger partial charge < -0.3 is 4.84 Å². The molecule has 0 aromatic carbocycles. The maximum absolute atomic E-state index is 5.07.